The molecule has 5 heteroatoms. The van der Waals surface area contributed by atoms with E-state index in [1.54, 1.807) is 24.5 Å². The number of carbonyl (C=O) groups is 1. The van der Waals surface area contributed by atoms with E-state index in [0.717, 1.165) is 5.56 Å². The summed E-state index contributed by atoms with van der Waals surface area (Å²) < 4.78 is 0. The number of hydrazone groups is 1. The molecule has 1 rings (SSSR count). The highest BCUT2D eigenvalue weighted by molar-refractivity contribution is 6.00. The highest BCUT2D eigenvalue weighted by Gasteiger charge is 1.99. The van der Waals surface area contributed by atoms with Crippen LogP contribution in [-0.4, -0.2) is 16.8 Å². The molecule has 14 heavy (non-hydrogen) atoms. The summed E-state index contributed by atoms with van der Waals surface area (Å²) in [4.78, 5) is 14.0. The molecule has 1 aromatic rings. The van der Waals surface area contributed by atoms with Crippen LogP contribution < -0.4 is 10.5 Å². The minimum absolute atomic E-state index is 0.629. The number of carbonyl (C=O) groups excluding carboxylic acids is 1. The summed E-state index contributed by atoms with van der Waals surface area (Å²) in [5, 5.41) is 13.8. The molecule has 1 aromatic heterocycles. The van der Waals surface area contributed by atoms with Gasteiger partial charge in [0.1, 0.15) is 0 Å². The van der Waals surface area contributed by atoms with Gasteiger partial charge in [0.25, 0.3) is 0 Å². The normalized spacial score (nSPS) is 11.1. The Balaban J connectivity index is 2.82. The van der Waals surface area contributed by atoms with Crippen LogP contribution in [0, 0.1) is 0 Å². The van der Waals surface area contributed by atoms with Gasteiger partial charge in [-0.2, -0.15) is 5.10 Å². The van der Waals surface area contributed by atoms with Gasteiger partial charge in [0.05, 0.1) is 5.71 Å². The van der Waals surface area contributed by atoms with Crippen LogP contribution >= 0.6 is 0 Å². The summed E-state index contributed by atoms with van der Waals surface area (Å²) in [6.45, 7) is 1.89. The molecule has 74 valence electrons. The van der Waals surface area contributed by atoms with E-state index in [4.69, 9.17) is 0 Å². The Kier molecular flexibility index (Phi) is 3.60. The Morgan fingerprint density at radius 1 is 1.57 bits per heavy atom. The van der Waals surface area contributed by atoms with Crippen LogP contribution in [0.4, 0.5) is 4.79 Å². The summed E-state index contributed by atoms with van der Waals surface area (Å²) in [6.07, 6.45) is 2.47. The zero-order valence-electron chi connectivity index (χ0n) is 7.73. The summed E-state index contributed by atoms with van der Waals surface area (Å²) in [5.74, 6) is 0. The molecule has 1 heterocycles. The molecular formula is C9H10N3O2-. The SMILES string of the molecule is CC/C(=N/NC(=O)[O-])c1ccncc1. The number of hydrogen-bond donors (Lipinski definition) is 1. The largest absolute Gasteiger partial charge is 0.529 e. The summed E-state index contributed by atoms with van der Waals surface area (Å²) in [5.41, 5.74) is 3.36. The minimum Gasteiger partial charge on any atom is -0.529 e. The molecule has 5 nitrogen and oxygen atoms in total. The lowest BCUT2D eigenvalue weighted by Gasteiger charge is -2.05. The van der Waals surface area contributed by atoms with Gasteiger partial charge in [0.15, 0.2) is 6.09 Å². The molecule has 0 atom stereocenters. The van der Waals surface area contributed by atoms with Crippen LogP contribution in [0.1, 0.15) is 18.9 Å². The molecule has 0 aromatic carbocycles. The topological polar surface area (TPSA) is 77.4 Å². The molecule has 1 amide bonds. The Hall–Kier alpha value is -1.91. The third-order valence-corrected chi connectivity index (χ3v) is 1.63. The van der Waals surface area contributed by atoms with Crippen molar-refractivity contribution < 1.29 is 9.90 Å². The summed E-state index contributed by atoms with van der Waals surface area (Å²) >= 11 is 0. The number of aromatic nitrogens is 1. The number of carboxylic acid groups (broad SMARTS) is 1. The van der Waals surface area contributed by atoms with Crippen molar-refractivity contribution in [2.45, 2.75) is 13.3 Å². The number of amides is 1. The molecule has 0 spiro atoms. The van der Waals surface area contributed by atoms with Crippen LogP contribution in [0.2, 0.25) is 0 Å². The quantitative estimate of drug-likeness (QED) is 0.546. The van der Waals surface area contributed by atoms with E-state index >= 15 is 0 Å². The van der Waals surface area contributed by atoms with E-state index in [-0.39, 0.29) is 0 Å². The van der Waals surface area contributed by atoms with Crippen molar-refractivity contribution in [1.29, 1.82) is 0 Å². The summed E-state index contributed by atoms with van der Waals surface area (Å²) in [7, 11) is 0. The van der Waals surface area contributed by atoms with Gasteiger partial charge in [-0.3, -0.25) is 10.4 Å². The number of nitrogens with one attached hydrogen (secondary N) is 1. The minimum atomic E-state index is -1.41. The van der Waals surface area contributed by atoms with Crippen molar-refractivity contribution in [3.8, 4) is 0 Å². The van der Waals surface area contributed by atoms with Crippen molar-refractivity contribution in [3.05, 3.63) is 30.1 Å². The van der Waals surface area contributed by atoms with Crippen molar-refractivity contribution in [2.75, 3.05) is 0 Å². The van der Waals surface area contributed by atoms with Gasteiger partial charge < -0.3 is 9.90 Å². The van der Waals surface area contributed by atoms with E-state index < -0.39 is 6.09 Å². The third-order valence-electron chi connectivity index (χ3n) is 1.63. The molecule has 0 radical (unpaired) electrons. The molecule has 0 aliphatic rings. The lowest BCUT2D eigenvalue weighted by Crippen LogP contribution is -2.33. The number of rotatable bonds is 3. The van der Waals surface area contributed by atoms with Crippen LogP contribution in [0.15, 0.2) is 29.6 Å². The van der Waals surface area contributed by atoms with E-state index in [2.05, 4.69) is 10.1 Å². The molecule has 1 N–H and O–H groups in total. The highest BCUT2D eigenvalue weighted by Crippen LogP contribution is 2.01. The van der Waals surface area contributed by atoms with Crippen LogP contribution in [0.5, 0.6) is 0 Å². The number of hydrogen-bond acceptors (Lipinski definition) is 4. The lowest BCUT2D eigenvalue weighted by molar-refractivity contribution is -0.250. The van der Waals surface area contributed by atoms with E-state index in [1.807, 2.05) is 12.3 Å². The number of pyridine rings is 1. The van der Waals surface area contributed by atoms with Gasteiger partial charge in [-0.25, -0.2) is 0 Å². The standard InChI is InChI=1S/C9H11N3O2/c1-2-8(11-12-9(13)14)7-3-5-10-6-4-7/h3-6,12H,2H2,1H3,(H,13,14)/p-1/b11-8-. The molecule has 0 saturated carbocycles. The summed E-state index contributed by atoms with van der Waals surface area (Å²) in [6, 6.07) is 3.53. The second-order valence-corrected chi connectivity index (χ2v) is 2.55. The van der Waals surface area contributed by atoms with Crippen molar-refractivity contribution in [3.63, 3.8) is 0 Å². The molecular weight excluding hydrogens is 182 g/mol. The van der Waals surface area contributed by atoms with Gasteiger partial charge in [0, 0.05) is 18.0 Å². The monoisotopic (exact) mass is 192 g/mol. The fourth-order valence-electron chi connectivity index (χ4n) is 1.01. The Morgan fingerprint density at radius 2 is 2.21 bits per heavy atom. The first-order valence-corrected chi connectivity index (χ1v) is 4.18. The fraction of sp³-hybridized carbons (Fsp3) is 0.222. The maximum atomic E-state index is 10.1. The Labute approximate surface area is 81.5 Å². The second kappa shape index (κ2) is 4.96. The highest BCUT2D eigenvalue weighted by atomic mass is 16.4. The molecule has 0 unspecified atom stereocenters. The van der Waals surface area contributed by atoms with Crippen molar-refractivity contribution >= 4 is 11.8 Å². The van der Waals surface area contributed by atoms with E-state index in [0.29, 0.717) is 12.1 Å². The fourth-order valence-corrected chi connectivity index (χ4v) is 1.01. The Morgan fingerprint density at radius 3 is 2.71 bits per heavy atom. The third kappa shape index (κ3) is 2.85. The van der Waals surface area contributed by atoms with Crippen LogP contribution in [-0.2, 0) is 0 Å². The molecule has 0 saturated heterocycles. The zero-order chi connectivity index (χ0) is 10.4. The van der Waals surface area contributed by atoms with E-state index in [1.165, 1.54) is 0 Å². The predicted octanol–water partition coefficient (Wildman–Crippen LogP) is 0.129. The molecule has 0 aliphatic carbocycles. The first kappa shape index (κ1) is 10.2. The number of nitrogens with zero attached hydrogens (tertiary/aromatic N) is 2. The first-order chi connectivity index (χ1) is 6.74. The van der Waals surface area contributed by atoms with Crippen LogP contribution in [0.3, 0.4) is 0 Å². The first-order valence-electron chi connectivity index (χ1n) is 4.18. The van der Waals surface area contributed by atoms with Gasteiger partial charge in [-0.1, -0.05) is 6.92 Å². The van der Waals surface area contributed by atoms with Gasteiger partial charge >= 0.3 is 0 Å². The average Bonchev–Trinajstić information content (AvgIpc) is 2.20. The van der Waals surface area contributed by atoms with E-state index in [9.17, 15) is 9.90 Å². The van der Waals surface area contributed by atoms with Crippen molar-refractivity contribution in [1.82, 2.24) is 10.4 Å². The maximum Gasteiger partial charge on any atom is 0.155 e. The lowest BCUT2D eigenvalue weighted by atomic mass is 10.1. The maximum absolute atomic E-state index is 10.1. The van der Waals surface area contributed by atoms with Gasteiger partial charge in [-0.15, -0.1) is 0 Å². The molecule has 0 fully saturated rings. The predicted molar refractivity (Wildman–Crippen MR) is 49.6 cm³/mol. The second-order valence-electron chi connectivity index (χ2n) is 2.55. The smallest absolute Gasteiger partial charge is 0.155 e. The van der Waals surface area contributed by atoms with Gasteiger partial charge in [-0.05, 0) is 18.6 Å². The molecule has 0 aliphatic heterocycles. The van der Waals surface area contributed by atoms with Gasteiger partial charge in [0.2, 0.25) is 0 Å². The Bertz CT molecular complexity index is 335. The van der Waals surface area contributed by atoms with Crippen LogP contribution in [0.25, 0.3) is 0 Å². The average molecular weight is 192 g/mol. The molecule has 0 bridgehead atoms. The van der Waals surface area contributed by atoms with Crippen molar-refractivity contribution in [2.24, 2.45) is 5.10 Å². The zero-order valence-corrected chi connectivity index (χ0v) is 7.73.